The van der Waals surface area contributed by atoms with E-state index in [9.17, 15) is 9.59 Å². The van der Waals surface area contributed by atoms with E-state index in [2.05, 4.69) is 31.0 Å². The van der Waals surface area contributed by atoms with Gasteiger partial charge < -0.3 is 10.2 Å². The van der Waals surface area contributed by atoms with Crippen molar-refractivity contribution in [3.05, 3.63) is 58.5 Å². The van der Waals surface area contributed by atoms with Crippen LogP contribution >= 0.6 is 0 Å². The van der Waals surface area contributed by atoms with Crippen molar-refractivity contribution in [3.63, 3.8) is 0 Å². The molecule has 3 heterocycles. The summed E-state index contributed by atoms with van der Waals surface area (Å²) in [7, 11) is 1.79. The van der Waals surface area contributed by atoms with Gasteiger partial charge in [0.05, 0.1) is 5.52 Å². The molecule has 7 heteroatoms. The van der Waals surface area contributed by atoms with E-state index in [0.29, 0.717) is 24.6 Å². The molecule has 7 nitrogen and oxygen atoms in total. The van der Waals surface area contributed by atoms with E-state index in [-0.39, 0.29) is 17.0 Å². The molecule has 0 radical (unpaired) electrons. The number of pyridine rings is 1. The average molecular weight is 436 g/mol. The molecule has 32 heavy (non-hydrogen) atoms. The highest BCUT2D eigenvalue weighted by Gasteiger charge is 2.24. The molecular weight excluding hydrogens is 402 g/mol. The van der Waals surface area contributed by atoms with Crippen LogP contribution in [0, 0.1) is 11.3 Å². The highest BCUT2D eigenvalue weighted by atomic mass is 16.2. The molecule has 4 rings (SSSR count). The van der Waals surface area contributed by atoms with Crippen molar-refractivity contribution in [1.82, 2.24) is 19.4 Å². The first-order valence-corrected chi connectivity index (χ1v) is 11.4. The summed E-state index contributed by atoms with van der Waals surface area (Å²) < 4.78 is 3.47. The number of imidazole rings is 1. The van der Waals surface area contributed by atoms with Gasteiger partial charge in [0.1, 0.15) is 5.82 Å². The number of piperidine rings is 1. The van der Waals surface area contributed by atoms with Gasteiger partial charge in [-0.05, 0) is 48.4 Å². The van der Waals surface area contributed by atoms with E-state index in [0.717, 1.165) is 42.9 Å². The van der Waals surface area contributed by atoms with Gasteiger partial charge in [-0.25, -0.2) is 9.78 Å². The van der Waals surface area contributed by atoms with Gasteiger partial charge in [-0.15, -0.1) is 0 Å². The molecule has 0 bridgehead atoms. The number of benzene rings is 1. The second kappa shape index (κ2) is 8.81. The Kier molecular flexibility index (Phi) is 6.09. The summed E-state index contributed by atoms with van der Waals surface area (Å²) in [5.41, 5.74) is 2.25. The van der Waals surface area contributed by atoms with Crippen molar-refractivity contribution in [3.8, 4) is 0 Å². The second-order valence-electron chi connectivity index (χ2n) is 10.0. The SMILES string of the molecule is Cn1c(=O)n(CC(C)(C)C)c2ccc(N3CCCC(CNC(=O)c4ccccc4)C3)nc21. The number of fused-ring (bicyclic) bond motifs is 1. The Hall–Kier alpha value is -3.09. The first kappa shape index (κ1) is 22.1. The van der Waals surface area contributed by atoms with Crippen LogP contribution < -0.4 is 15.9 Å². The molecule has 1 fully saturated rings. The summed E-state index contributed by atoms with van der Waals surface area (Å²) in [6, 6.07) is 13.4. The van der Waals surface area contributed by atoms with E-state index in [1.165, 1.54) is 0 Å². The van der Waals surface area contributed by atoms with Crippen molar-refractivity contribution in [1.29, 1.82) is 0 Å². The summed E-state index contributed by atoms with van der Waals surface area (Å²) in [5.74, 6) is 1.22. The smallest absolute Gasteiger partial charge is 0.330 e. The molecule has 1 N–H and O–H groups in total. The van der Waals surface area contributed by atoms with Crippen molar-refractivity contribution >= 4 is 22.9 Å². The lowest BCUT2D eigenvalue weighted by atomic mass is 9.97. The zero-order valence-corrected chi connectivity index (χ0v) is 19.5. The van der Waals surface area contributed by atoms with Crippen molar-refractivity contribution in [2.75, 3.05) is 24.5 Å². The minimum absolute atomic E-state index is 0.00105. The van der Waals surface area contributed by atoms with E-state index in [1.54, 1.807) is 11.6 Å². The van der Waals surface area contributed by atoms with Crippen molar-refractivity contribution in [2.45, 2.75) is 40.2 Å². The van der Waals surface area contributed by atoms with Crippen LogP contribution in [0.5, 0.6) is 0 Å². The highest BCUT2D eigenvalue weighted by Crippen LogP contribution is 2.25. The van der Waals surface area contributed by atoms with Gasteiger partial charge in [-0.3, -0.25) is 13.9 Å². The lowest BCUT2D eigenvalue weighted by Crippen LogP contribution is -2.41. The lowest BCUT2D eigenvalue weighted by molar-refractivity contribution is 0.0945. The molecule has 1 aromatic carbocycles. The number of anilines is 1. The Balaban J connectivity index is 1.48. The first-order valence-electron chi connectivity index (χ1n) is 11.4. The Bertz CT molecular complexity index is 1160. The standard InChI is InChI=1S/C25H33N5O2/c1-25(2,3)17-30-20-12-13-21(27-22(20)28(4)24(30)32)29-14-8-9-18(16-29)15-26-23(31)19-10-6-5-7-11-19/h5-7,10-13,18H,8-9,14-17H2,1-4H3,(H,26,31). The molecule has 0 aliphatic carbocycles. The minimum Gasteiger partial charge on any atom is -0.356 e. The molecule has 1 atom stereocenters. The molecule has 1 unspecified atom stereocenters. The predicted octanol–water partition coefficient (Wildman–Crippen LogP) is 3.43. The lowest BCUT2D eigenvalue weighted by Gasteiger charge is -2.33. The fourth-order valence-electron chi connectivity index (χ4n) is 4.43. The van der Waals surface area contributed by atoms with Crippen LogP contribution in [0.4, 0.5) is 5.82 Å². The number of nitrogens with one attached hydrogen (secondary N) is 1. The predicted molar refractivity (Wildman–Crippen MR) is 128 cm³/mol. The fraction of sp³-hybridized carbons (Fsp3) is 0.480. The van der Waals surface area contributed by atoms with E-state index >= 15 is 0 Å². The quantitative estimate of drug-likeness (QED) is 0.667. The fourth-order valence-corrected chi connectivity index (χ4v) is 4.43. The van der Waals surface area contributed by atoms with Crippen LogP contribution in [0.15, 0.2) is 47.3 Å². The molecule has 170 valence electrons. The molecule has 1 amide bonds. The highest BCUT2D eigenvalue weighted by molar-refractivity contribution is 5.94. The maximum absolute atomic E-state index is 12.8. The van der Waals surface area contributed by atoms with Crippen molar-refractivity contribution < 1.29 is 4.79 Å². The molecule has 3 aromatic rings. The second-order valence-corrected chi connectivity index (χ2v) is 10.0. The number of aromatic nitrogens is 3. The van der Waals surface area contributed by atoms with Crippen LogP contribution in [0.25, 0.3) is 11.2 Å². The summed E-state index contributed by atoms with van der Waals surface area (Å²) in [4.78, 5) is 32.3. The van der Waals surface area contributed by atoms with Crippen LogP contribution in [-0.4, -0.2) is 39.7 Å². The topological polar surface area (TPSA) is 72.2 Å². The van der Waals surface area contributed by atoms with Gasteiger partial charge in [-0.2, -0.15) is 0 Å². The molecule has 1 saturated heterocycles. The summed E-state index contributed by atoms with van der Waals surface area (Å²) in [5, 5.41) is 3.08. The van der Waals surface area contributed by atoms with Gasteiger partial charge in [0.15, 0.2) is 5.65 Å². The number of hydrogen-bond donors (Lipinski definition) is 1. The van der Waals surface area contributed by atoms with Gasteiger partial charge in [0.25, 0.3) is 5.91 Å². The molecule has 2 aromatic heterocycles. The van der Waals surface area contributed by atoms with Gasteiger partial charge in [0, 0.05) is 38.8 Å². The molecule has 1 aliphatic heterocycles. The Labute approximate surface area is 189 Å². The van der Waals surface area contributed by atoms with Gasteiger partial charge in [0.2, 0.25) is 0 Å². The molecule has 1 aliphatic rings. The number of carbonyl (C=O) groups is 1. The summed E-state index contributed by atoms with van der Waals surface area (Å²) in [6.07, 6.45) is 2.13. The number of hydrogen-bond acceptors (Lipinski definition) is 4. The van der Waals surface area contributed by atoms with E-state index in [4.69, 9.17) is 4.98 Å². The summed E-state index contributed by atoms with van der Waals surface area (Å²) in [6.45, 7) is 9.45. The van der Waals surface area contributed by atoms with E-state index < -0.39 is 0 Å². The largest absolute Gasteiger partial charge is 0.356 e. The van der Waals surface area contributed by atoms with Gasteiger partial charge in [-0.1, -0.05) is 39.0 Å². The first-order chi connectivity index (χ1) is 15.2. The Morgan fingerprint density at radius 2 is 1.91 bits per heavy atom. The van der Waals surface area contributed by atoms with Crippen LogP contribution in [-0.2, 0) is 13.6 Å². The number of rotatable bonds is 5. The maximum atomic E-state index is 12.8. The third-order valence-corrected chi connectivity index (χ3v) is 6.03. The molecule has 0 saturated carbocycles. The number of carbonyl (C=O) groups excluding carboxylic acids is 1. The number of nitrogens with zero attached hydrogens (tertiary/aromatic N) is 4. The van der Waals surface area contributed by atoms with Crippen LogP contribution in [0.1, 0.15) is 44.0 Å². The maximum Gasteiger partial charge on any atom is 0.330 e. The monoisotopic (exact) mass is 435 g/mol. The normalized spacial score (nSPS) is 17.0. The zero-order valence-electron chi connectivity index (χ0n) is 19.5. The average Bonchev–Trinajstić information content (AvgIpc) is 3.01. The third kappa shape index (κ3) is 4.71. The number of amides is 1. The van der Waals surface area contributed by atoms with Crippen LogP contribution in [0.3, 0.4) is 0 Å². The Morgan fingerprint density at radius 1 is 1.16 bits per heavy atom. The third-order valence-electron chi connectivity index (χ3n) is 6.03. The van der Waals surface area contributed by atoms with E-state index in [1.807, 2.05) is 47.0 Å². The minimum atomic E-state index is -0.0301. The van der Waals surface area contributed by atoms with Crippen LogP contribution in [0.2, 0.25) is 0 Å². The van der Waals surface area contributed by atoms with Crippen molar-refractivity contribution in [2.24, 2.45) is 18.4 Å². The Morgan fingerprint density at radius 3 is 2.62 bits per heavy atom. The zero-order chi connectivity index (χ0) is 22.9. The van der Waals surface area contributed by atoms with Gasteiger partial charge >= 0.3 is 5.69 Å². The molecular formula is C25H33N5O2. The number of aryl methyl sites for hydroxylation is 1. The summed E-state index contributed by atoms with van der Waals surface area (Å²) >= 11 is 0. The molecule has 0 spiro atoms.